The summed E-state index contributed by atoms with van der Waals surface area (Å²) in [5.74, 6) is 0. The SMILES string of the molecule is O=C(Cl)CCCc1cc2ccc3cccc4ccc(c1)c2c34. The third-order valence-electron chi connectivity index (χ3n) is 4.36. The highest BCUT2D eigenvalue weighted by Gasteiger charge is 2.09. The molecular formula is C20H15ClO. The number of halogens is 1. The van der Waals surface area contributed by atoms with Crippen LogP contribution < -0.4 is 0 Å². The fraction of sp³-hybridized carbons (Fsp3) is 0.150. The molecule has 0 N–H and O–H groups in total. The molecule has 0 heterocycles. The van der Waals surface area contributed by atoms with Gasteiger partial charge >= 0.3 is 0 Å². The number of hydrogen-bond acceptors (Lipinski definition) is 1. The van der Waals surface area contributed by atoms with Crippen molar-refractivity contribution in [2.75, 3.05) is 0 Å². The summed E-state index contributed by atoms with van der Waals surface area (Å²) in [6, 6.07) is 19.7. The number of carbonyl (C=O) groups excluding carboxylic acids is 1. The van der Waals surface area contributed by atoms with Gasteiger partial charge in [-0.1, -0.05) is 54.6 Å². The summed E-state index contributed by atoms with van der Waals surface area (Å²) in [5, 5.41) is 7.56. The number of carbonyl (C=O) groups is 1. The van der Waals surface area contributed by atoms with Crippen molar-refractivity contribution in [3.63, 3.8) is 0 Å². The fourth-order valence-electron chi connectivity index (χ4n) is 3.39. The van der Waals surface area contributed by atoms with Crippen molar-refractivity contribution in [2.24, 2.45) is 0 Å². The summed E-state index contributed by atoms with van der Waals surface area (Å²) in [5.41, 5.74) is 1.27. The second-order valence-electron chi connectivity index (χ2n) is 5.84. The van der Waals surface area contributed by atoms with Crippen molar-refractivity contribution in [3.8, 4) is 0 Å². The molecule has 0 bridgehead atoms. The van der Waals surface area contributed by atoms with Gasteiger partial charge in [0.05, 0.1) is 0 Å². The molecular weight excluding hydrogens is 292 g/mol. The summed E-state index contributed by atoms with van der Waals surface area (Å²) in [6.45, 7) is 0. The van der Waals surface area contributed by atoms with Crippen molar-refractivity contribution >= 4 is 49.2 Å². The van der Waals surface area contributed by atoms with Crippen molar-refractivity contribution < 1.29 is 4.79 Å². The molecule has 4 aromatic carbocycles. The van der Waals surface area contributed by atoms with E-state index in [0.717, 1.165) is 12.8 Å². The minimum absolute atomic E-state index is 0.252. The molecule has 0 spiro atoms. The van der Waals surface area contributed by atoms with Crippen LogP contribution in [0.1, 0.15) is 18.4 Å². The third-order valence-corrected chi connectivity index (χ3v) is 4.55. The number of hydrogen-bond donors (Lipinski definition) is 0. The lowest BCUT2D eigenvalue weighted by molar-refractivity contribution is -0.111. The normalized spacial score (nSPS) is 11.7. The zero-order chi connectivity index (χ0) is 15.1. The van der Waals surface area contributed by atoms with Crippen molar-refractivity contribution in [1.29, 1.82) is 0 Å². The summed E-state index contributed by atoms with van der Waals surface area (Å²) < 4.78 is 0. The van der Waals surface area contributed by atoms with Crippen molar-refractivity contribution in [1.82, 2.24) is 0 Å². The van der Waals surface area contributed by atoms with Crippen molar-refractivity contribution in [2.45, 2.75) is 19.3 Å². The van der Waals surface area contributed by atoms with Crippen LogP contribution in [0.15, 0.2) is 54.6 Å². The predicted molar refractivity (Wildman–Crippen MR) is 93.9 cm³/mol. The molecule has 0 saturated carbocycles. The Bertz CT molecular complexity index is 923. The largest absolute Gasteiger partial charge is 0.281 e. The number of rotatable bonds is 4. The average Bonchev–Trinajstić information content (AvgIpc) is 2.52. The van der Waals surface area contributed by atoms with Crippen molar-refractivity contribution in [3.05, 3.63) is 60.2 Å². The van der Waals surface area contributed by atoms with E-state index in [1.54, 1.807) is 0 Å². The molecule has 0 atom stereocenters. The summed E-state index contributed by atoms with van der Waals surface area (Å²) in [6.07, 6.45) is 2.12. The van der Waals surface area contributed by atoms with Gasteiger partial charge < -0.3 is 0 Å². The highest BCUT2D eigenvalue weighted by Crippen LogP contribution is 2.35. The topological polar surface area (TPSA) is 17.1 Å². The van der Waals surface area contributed by atoms with Gasteiger partial charge in [0.15, 0.2) is 0 Å². The minimum atomic E-state index is -0.252. The zero-order valence-corrected chi connectivity index (χ0v) is 12.9. The molecule has 108 valence electrons. The van der Waals surface area contributed by atoms with Gasteiger partial charge in [0, 0.05) is 6.42 Å². The van der Waals surface area contributed by atoms with E-state index in [1.165, 1.54) is 37.9 Å². The van der Waals surface area contributed by atoms with Crippen LogP contribution in [-0.4, -0.2) is 5.24 Å². The van der Waals surface area contributed by atoms with Gasteiger partial charge in [-0.05, 0) is 62.3 Å². The maximum atomic E-state index is 10.9. The van der Waals surface area contributed by atoms with Crippen LogP contribution in [0.5, 0.6) is 0 Å². The Kier molecular flexibility index (Phi) is 3.24. The first-order valence-electron chi connectivity index (χ1n) is 7.57. The van der Waals surface area contributed by atoms with Crippen LogP contribution in [0.25, 0.3) is 32.3 Å². The van der Waals surface area contributed by atoms with E-state index >= 15 is 0 Å². The van der Waals surface area contributed by atoms with Crippen LogP contribution in [0.3, 0.4) is 0 Å². The predicted octanol–water partition coefficient (Wildman–Crippen LogP) is 5.67. The van der Waals surface area contributed by atoms with Gasteiger partial charge in [0.25, 0.3) is 0 Å². The lowest BCUT2D eigenvalue weighted by Crippen LogP contribution is -1.92. The molecule has 4 rings (SSSR count). The zero-order valence-electron chi connectivity index (χ0n) is 12.1. The molecule has 0 aromatic heterocycles. The molecule has 4 aromatic rings. The third kappa shape index (κ3) is 2.22. The molecule has 22 heavy (non-hydrogen) atoms. The quantitative estimate of drug-likeness (QED) is 0.350. The molecule has 0 aliphatic heterocycles. The Balaban J connectivity index is 1.88. The van der Waals surface area contributed by atoms with Gasteiger partial charge in [0.2, 0.25) is 5.24 Å². The van der Waals surface area contributed by atoms with Crippen LogP contribution in [0.4, 0.5) is 0 Å². The highest BCUT2D eigenvalue weighted by molar-refractivity contribution is 6.63. The molecule has 1 nitrogen and oxygen atoms in total. The van der Waals surface area contributed by atoms with Gasteiger partial charge in [-0.25, -0.2) is 0 Å². The fourth-order valence-corrected chi connectivity index (χ4v) is 3.53. The maximum Gasteiger partial charge on any atom is 0.221 e. The summed E-state index contributed by atoms with van der Waals surface area (Å²) >= 11 is 5.42. The molecule has 2 heteroatoms. The molecule has 0 fully saturated rings. The first-order valence-corrected chi connectivity index (χ1v) is 7.95. The van der Waals surface area contributed by atoms with Crippen LogP contribution in [-0.2, 0) is 11.2 Å². The van der Waals surface area contributed by atoms with E-state index in [-0.39, 0.29) is 5.24 Å². The van der Waals surface area contributed by atoms with Gasteiger partial charge in [0.1, 0.15) is 0 Å². The molecule has 0 saturated heterocycles. The van der Waals surface area contributed by atoms with Gasteiger partial charge in [-0.3, -0.25) is 4.79 Å². The molecule has 0 radical (unpaired) electrons. The maximum absolute atomic E-state index is 10.9. The lowest BCUT2D eigenvalue weighted by Gasteiger charge is -2.12. The Labute approximate surface area is 133 Å². The number of benzene rings is 4. The Hall–Kier alpha value is -2.12. The monoisotopic (exact) mass is 306 g/mol. The van der Waals surface area contributed by atoms with Gasteiger partial charge in [-0.15, -0.1) is 0 Å². The molecule has 0 unspecified atom stereocenters. The van der Waals surface area contributed by atoms with E-state index in [4.69, 9.17) is 11.6 Å². The first kappa shape index (κ1) is 13.5. The highest BCUT2D eigenvalue weighted by atomic mass is 35.5. The van der Waals surface area contributed by atoms with E-state index in [2.05, 4.69) is 54.6 Å². The van der Waals surface area contributed by atoms with Crippen LogP contribution in [0.2, 0.25) is 0 Å². The van der Waals surface area contributed by atoms with Crippen LogP contribution >= 0.6 is 11.6 Å². The van der Waals surface area contributed by atoms with E-state index in [0.29, 0.717) is 6.42 Å². The summed E-state index contributed by atoms with van der Waals surface area (Å²) in [4.78, 5) is 10.9. The second kappa shape index (κ2) is 5.26. The Morgan fingerprint density at radius 2 is 1.36 bits per heavy atom. The van der Waals surface area contributed by atoms with Gasteiger partial charge in [-0.2, -0.15) is 0 Å². The molecule has 0 aliphatic carbocycles. The lowest BCUT2D eigenvalue weighted by atomic mass is 9.92. The second-order valence-corrected chi connectivity index (χ2v) is 6.26. The Morgan fingerprint density at radius 1 is 0.818 bits per heavy atom. The minimum Gasteiger partial charge on any atom is -0.281 e. The molecule has 0 aliphatic rings. The first-order chi connectivity index (χ1) is 10.7. The van der Waals surface area contributed by atoms with Crippen LogP contribution in [0, 0.1) is 0 Å². The summed E-state index contributed by atoms with van der Waals surface area (Å²) in [7, 11) is 0. The smallest absolute Gasteiger partial charge is 0.221 e. The van der Waals surface area contributed by atoms with E-state index in [9.17, 15) is 4.79 Å². The standard InChI is InChI=1S/C20H15ClO/c21-18(22)6-1-3-13-11-16-9-7-14-4-2-5-15-8-10-17(12-13)20(16)19(14)15/h2,4-5,7-12H,1,3,6H2. The average molecular weight is 307 g/mol. The van der Waals surface area contributed by atoms with E-state index < -0.39 is 0 Å². The Morgan fingerprint density at radius 3 is 1.95 bits per heavy atom. The number of aryl methyl sites for hydroxylation is 1. The molecule has 0 amide bonds. The van der Waals surface area contributed by atoms with E-state index in [1.807, 2.05) is 0 Å².